The molecule has 5 atom stereocenters. The molecule has 4 aliphatic rings. The third-order valence-electron chi connectivity index (χ3n) is 8.88. The number of amides is 3. The van der Waals surface area contributed by atoms with Gasteiger partial charge in [-0.2, -0.15) is 0 Å². The van der Waals surface area contributed by atoms with Crippen molar-refractivity contribution in [2.24, 2.45) is 11.8 Å². The second-order valence-corrected chi connectivity index (χ2v) is 11.7. The van der Waals surface area contributed by atoms with Crippen LogP contribution in [0.1, 0.15) is 54.8 Å². The van der Waals surface area contributed by atoms with Gasteiger partial charge in [0.2, 0.25) is 17.7 Å². The average Bonchev–Trinajstić information content (AvgIpc) is 3.53. The molecule has 40 heavy (non-hydrogen) atoms. The predicted octanol–water partition coefficient (Wildman–Crippen LogP) is 4.77. The molecular formula is C33H37N3O4. The van der Waals surface area contributed by atoms with E-state index in [9.17, 15) is 14.4 Å². The highest BCUT2D eigenvalue weighted by atomic mass is 16.5. The first-order chi connectivity index (χ1) is 19.3. The minimum absolute atomic E-state index is 0.144. The van der Waals surface area contributed by atoms with Gasteiger partial charge in [-0.15, -0.1) is 0 Å². The Kier molecular flexibility index (Phi) is 7.09. The number of fused-ring (bicyclic) bond motifs is 1. The number of aryl methyl sites for hydroxylation is 2. The smallest absolute Gasteiger partial charge is 0.247 e. The van der Waals surface area contributed by atoms with Crippen molar-refractivity contribution in [1.82, 2.24) is 10.2 Å². The van der Waals surface area contributed by atoms with Crippen molar-refractivity contribution in [3.8, 4) is 0 Å². The number of carbonyl (C=O) groups is 3. The lowest BCUT2D eigenvalue weighted by Gasteiger charge is -2.42. The third kappa shape index (κ3) is 4.87. The molecule has 3 amide bonds. The van der Waals surface area contributed by atoms with Gasteiger partial charge >= 0.3 is 0 Å². The molecule has 1 spiro atoms. The maximum atomic E-state index is 14.7. The lowest BCUT2D eigenvalue weighted by molar-refractivity contribution is -0.152. The van der Waals surface area contributed by atoms with Gasteiger partial charge in [0, 0.05) is 12.2 Å². The first kappa shape index (κ1) is 26.5. The van der Waals surface area contributed by atoms with Crippen LogP contribution in [-0.2, 0) is 19.1 Å². The zero-order valence-electron chi connectivity index (χ0n) is 23.2. The van der Waals surface area contributed by atoms with Crippen LogP contribution >= 0.6 is 0 Å². The average molecular weight is 540 g/mol. The molecule has 2 aromatic carbocycles. The van der Waals surface area contributed by atoms with Gasteiger partial charge in [0.1, 0.15) is 11.6 Å². The Morgan fingerprint density at radius 3 is 2.48 bits per heavy atom. The van der Waals surface area contributed by atoms with Gasteiger partial charge in [-0.1, -0.05) is 71.3 Å². The molecule has 0 radical (unpaired) electrons. The number of carbonyl (C=O) groups excluding carboxylic acids is 3. The van der Waals surface area contributed by atoms with Crippen molar-refractivity contribution in [2.45, 2.75) is 63.7 Å². The lowest BCUT2D eigenvalue weighted by Crippen LogP contribution is -2.60. The normalized spacial score (nSPS) is 29.4. The summed E-state index contributed by atoms with van der Waals surface area (Å²) in [4.78, 5) is 43.9. The lowest BCUT2D eigenvalue weighted by atomic mass is 9.73. The van der Waals surface area contributed by atoms with Crippen LogP contribution in [0.4, 0.5) is 5.69 Å². The monoisotopic (exact) mass is 539 g/mol. The Morgan fingerprint density at radius 1 is 1.05 bits per heavy atom. The highest BCUT2D eigenvalue weighted by Gasteiger charge is 2.63. The predicted molar refractivity (Wildman–Crippen MR) is 153 cm³/mol. The van der Waals surface area contributed by atoms with E-state index < -0.39 is 29.6 Å². The van der Waals surface area contributed by atoms with Crippen molar-refractivity contribution < 1.29 is 19.1 Å². The summed E-state index contributed by atoms with van der Waals surface area (Å²) in [5.41, 5.74) is 3.91. The molecule has 0 saturated carbocycles. The molecular weight excluding hydrogens is 502 g/mol. The number of ether oxygens (including phenoxy) is 1. The first-order valence-corrected chi connectivity index (χ1v) is 14.4. The molecule has 3 aliphatic heterocycles. The fourth-order valence-corrected chi connectivity index (χ4v) is 6.67. The Hall–Kier alpha value is -3.71. The Labute approximate surface area is 235 Å². The summed E-state index contributed by atoms with van der Waals surface area (Å²) in [5, 5.41) is 6.10. The number of rotatable bonds is 6. The van der Waals surface area contributed by atoms with Crippen LogP contribution in [0.15, 0.2) is 72.3 Å². The minimum atomic E-state index is -1.05. The SMILES string of the molecule is Cc1ccc(NC(=O)[C@@H]2[C@H]3C=C[C@@]4(CNC(=O)[C@H](c5ccc(C)cc5)N(CCC5=CCCCC5)C(=O)[C@@H]24)O3)cc1. The van der Waals surface area contributed by atoms with Gasteiger partial charge in [-0.05, 0) is 63.6 Å². The Morgan fingerprint density at radius 2 is 1.77 bits per heavy atom. The van der Waals surface area contributed by atoms with Crippen LogP contribution < -0.4 is 10.6 Å². The van der Waals surface area contributed by atoms with Crippen LogP contribution in [0.3, 0.4) is 0 Å². The summed E-state index contributed by atoms with van der Waals surface area (Å²) < 4.78 is 6.36. The van der Waals surface area contributed by atoms with E-state index in [2.05, 4.69) is 16.7 Å². The molecule has 1 aliphatic carbocycles. The Balaban J connectivity index is 1.36. The van der Waals surface area contributed by atoms with E-state index in [4.69, 9.17) is 4.74 Å². The maximum Gasteiger partial charge on any atom is 0.247 e. The van der Waals surface area contributed by atoms with Gasteiger partial charge in [0.15, 0.2) is 0 Å². The van der Waals surface area contributed by atoms with Crippen molar-refractivity contribution in [1.29, 1.82) is 0 Å². The zero-order chi connectivity index (χ0) is 27.9. The Bertz CT molecular complexity index is 1360. The topological polar surface area (TPSA) is 87.7 Å². The van der Waals surface area contributed by atoms with Crippen LogP contribution in [0.2, 0.25) is 0 Å². The summed E-state index contributed by atoms with van der Waals surface area (Å²) in [6.45, 7) is 4.54. The van der Waals surface area contributed by atoms with Crippen LogP contribution in [0.5, 0.6) is 0 Å². The number of benzene rings is 2. The van der Waals surface area contributed by atoms with Crippen LogP contribution in [-0.4, -0.2) is 47.4 Å². The number of anilines is 1. The van der Waals surface area contributed by atoms with Gasteiger partial charge in [0.25, 0.3) is 0 Å². The molecule has 0 aromatic heterocycles. The standard InChI is InChI=1S/C33H37N3O4/c1-21-8-12-24(13-9-21)29-31(38)34-20-33-18-16-26(40-33)27(30(37)35-25-14-10-22(2)11-15-25)28(33)32(39)36(29)19-17-23-6-4-3-5-7-23/h6,8-16,18,26-29H,3-5,7,17,19-20H2,1-2H3,(H,34,38)(H,35,37)/t26-,27-,28-,29+,33+/m1/s1. The molecule has 7 heteroatoms. The second kappa shape index (κ2) is 10.7. The van der Waals surface area contributed by atoms with Gasteiger partial charge < -0.3 is 20.3 Å². The number of hydrogen-bond donors (Lipinski definition) is 2. The van der Waals surface area contributed by atoms with Crippen LogP contribution in [0.25, 0.3) is 0 Å². The molecule has 7 nitrogen and oxygen atoms in total. The van der Waals surface area contributed by atoms with Crippen molar-refractivity contribution in [3.05, 3.63) is 89.0 Å². The highest BCUT2D eigenvalue weighted by molar-refractivity contribution is 6.00. The number of nitrogens with one attached hydrogen (secondary N) is 2. The summed E-state index contributed by atoms with van der Waals surface area (Å²) in [7, 11) is 0. The molecule has 208 valence electrons. The fraction of sp³-hybridized carbons (Fsp3) is 0.424. The van der Waals surface area contributed by atoms with Crippen molar-refractivity contribution >= 4 is 23.4 Å². The summed E-state index contributed by atoms with van der Waals surface area (Å²) in [6.07, 6.45) is 10.6. The van der Waals surface area contributed by atoms with E-state index in [0.717, 1.165) is 36.0 Å². The summed E-state index contributed by atoms with van der Waals surface area (Å²) in [6, 6.07) is 14.6. The number of hydrogen-bond acceptors (Lipinski definition) is 4. The first-order valence-electron chi connectivity index (χ1n) is 14.4. The summed E-state index contributed by atoms with van der Waals surface area (Å²) >= 11 is 0. The fourth-order valence-electron chi connectivity index (χ4n) is 6.67. The summed E-state index contributed by atoms with van der Waals surface area (Å²) in [5.74, 6) is -2.12. The minimum Gasteiger partial charge on any atom is -0.360 e. The van der Waals surface area contributed by atoms with Crippen molar-refractivity contribution in [2.75, 3.05) is 18.4 Å². The zero-order valence-corrected chi connectivity index (χ0v) is 23.2. The highest BCUT2D eigenvalue weighted by Crippen LogP contribution is 2.49. The molecule has 2 bridgehead atoms. The van der Waals surface area contributed by atoms with E-state index >= 15 is 0 Å². The second-order valence-electron chi connectivity index (χ2n) is 11.7. The largest absolute Gasteiger partial charge is 0.360 e. The quantitative estimate of drug-likeness (QED) is 0.518. The van der Waals surface area contributed by atoms with Gasteiger partial charge in [0.05, 0.1) is 24.5 Å². The van der Waals surface area contributed by atoms with Gasteiger partial charge in [-0.25, -0.2) is 0 Å². The van der Waals surface area contributed by atoms with E-state index in [-0.39, 0.29) is 24.3 Å². The number of nitrogens with zero attached hydrogens (tertiary/aromatic N) is 1. The maximum absolute atomic E-state index is 14.7. The van der Waals surface area contributed by atoms with Gasteiger partial charge in [-0.3, -0.25) is 14.4 Å². The number of allylic oxidation sites excluding steroid dienone is 1. The molecule has 2 fully saturated rings. The van der Waals surface area contributed by atoms with E-state index in [1.807, 2.05) is 74.5 Å². The van der Waals surface area contributed by atoms with E-state index in [1.165, 1.54) is 12.0 Å². The van der Waals surface area contributed by atoms with Crippen LogP contribution in [0, 0.1) is 25.7 Å². The third-order valence-corrected chi connectivity index (χ3v) is 8.88. The van der Waals surface area contributed by atoms with E-state index in [1.54, 1.807) is 4.90 Å². The van der Waals surface area contributed by atoms with E-state index in [0.29, 0.717) is 18.7 Å². The molecule has 3 heterocycles. The molecule has 6 rings (SSSR count). The molecule has 0 unspecified atom stereocenters. The molecule has 2 N–H and O–H groups in total. The molecule has 2 saturated heterocycles. The molecule has 2 aromatic rings. The van der Waals surface area contributed by atoms with Crippen molar-refractivity contribution in [3.63, 3.8) is 0 Å².